The lowest BCUT2D eigenvalue weighted by Crippen LogP contribution is -2.31. The van der Waals surface area contributed by atoms with E-state index in [4.69, 9.17) is 19.3 Å². The van der Waals surface area contributed by atoms with E-state index in [1.54, 1.807) is 23.9 Å². The number of ether oxygens (including phenoxy) is 3. The molecule has 8 heteroatoms. The van der Waals surface area contributed by atoms with Crippen molar-refractivity contribution in [1.29, 1.82) is 0 Å². The summed E-state index contributed by atoms with van der Waals surface area (Å²) in [6.07, 6.45) is 0.890. The van der Waals surface area contributed by atoms with Crippen LogP contribution in [0.5, 0.6) is 0 Å². The van der Waals surface area contributed by atoms with Crippen LogP contribution in [0.2, 0.25) is 0 Å². The first-order valence-electron chi connectivity index (χ1n) is 10.5. The first kappa shape index (κ1) is 24.3. The molecule has 172 valence electrons. The van der Waals surface area contributed by atoms with Gasteiger partial charge >= 0.3 is 6.09 Å². The molecule has 0 aliphatic carbocycles. The number of rotatable bonds is 10. The van der Waals surface area contributed by atoms with Crippen LogP contribution in [-0.4, -0.2) is 47.1 Å². The van der Waals surface area contributed by atoms with Gasteiger partial charge in [0.15, 0.2) is 6.29 Å². The third-order valence-corrected chi connectivity index (χ3v) is 5.99. The number of aliphatic hydroxyl groups is 2. The van der Waals surface area contributed by atoms with E-state index in [1.807, 2.05) is 36.4 Å². The SMILES string of the molecule is C=CCOC(=O)Nc1ccc(C2OC(CSCCO)CC(c3ccc(CO)cc3)O2)cc1. The molecule has 3 unspecified atom stereocenters. The van der Waals surface area contributed by atoms with Crippen LogP contribution in [-0.2, 0) is 20.8 Å². The molecule has 0 radical (unpaired) electrons. The van der Waals surface area contributed by atoms with E-state index >= 15 is 0 Å². The van der Waals surface area contributed by atoms with E-state index in [1.165, 1.54) is 6.08 Å². The van der Waals surface area contributed by atoms with Crippen molar-refractivity contribution in [2.75, 3.05) is 30.0 Å². The predicted molar refractivity (Wildman–Crippen MR) is 124 cm³/mol. The minimum atomic E-state index is -0.562. The van der Waals surface area contributed by atoms with Crippen LogP contribution in [0.15, 0.2) is 61.2 Å². The van der Waals surface area contributed by atoms with Gasteiger partial charge in [-0.1, -0.05) is 49.1 Å². The average molecular weight is 460 g/mol. The Kier molecular flexibility index (Phi) is 9.58. The van der Waals surface area contributed by atoms with Gasteiger partial charge in [0, 0.05) is 29.2 Å². The van der Waals surface area contributed by atoms with Gasteiger partial charge < -0.3 is 24.4 Å². The molecule has 0 bridgehead atoms. The standard InChI is InChI=1S/C24H29NO6S/c1-2-12-29-24(28)25-20-9-7-19(8-10-20)23-30-21(16-32-13-11-26)14-22(31-23)18-5-3-17(15-27)4-6-18/h2-10,21-23,26-27H,1,11-16H2,(H,25,28). The van der Waals surface area contributed by atoms with Crippen molar-refractivity contribution in [2.45, 2.75) is 31.5 Å². The topological polar surface area (TPSA) is 97.3 Å². The number of carbonyl (C=O) groups excluding carboxylic acids is 1. The highest BCUT2D eigenvalue weighted by Gasteiger charge is 2.32. The van der Waals surface area contributed by atoms with E-state index in [0.29, 0.717) is 17.9 Å². The summed E-state index contributed by atoms with van der Waals surface area (Å²) in [5.74, 6) is 1.41. The molecule has 32 heavy (non-hydrogen) atoms. The van der Waals surface area contributed by atoms with Crippen LogP contribution in [0.4, 0.5) is 10.5 Å². The summed E-state index contributed by atoms with van der Waals surface area (Å²) in [4.78, 5) is 11.7. The molecule has 7 nitrogen and oxygen atoms in total. The number of amides is 1. The van der Waals surface area contributed by atoms with Gasteiger partial charge in [-0.3, -0.25) is 5.32 Å². The number of anilines is 1. The Hall–Kier alpha value is -2.36. The molecule has 3 atom stereocenters. The van der Waals surface area contributed by atoms with Crippen molar-refractivity contribution in [2.24, 2.45) is 0 Å². The van der Waals surface area contributed by atoms with Crippen molar-refractivity contribution < 1.29 is 29.2 Å². The molecule has 1 aliphatic rings. The van der Waals surface area contributed by atoms with E-state index in [2.05, 4.69) is 11.9 Å². The second-order valence-electron chi connectivity index (χ2n) is 7.28. The molecular weight excluding hydrogens is 430 g/mol. The average Bonchev–Trinajstić information content (AvgIpc) is 2.83. The maximum Gasteiger partial charge on any atom is 0.411 e. The molecular formula is C24H29NO6S. The normalized spacial score (nSPS) is 20.5. The van der Waals surface area contributed by atoms with E-state index < -0.39 is 12.4 Å². The molecule has 1 aliphatic heterocycles. The first-order chi connectivity index (χ1) is 15.6. The van der Waals surface area contributed by atoms with Gasteiger partial charge in [0.1, 0.15) is 6.61 Å². The molecule has 2 aromatic rings. The number of carbonyl (C=O) groups is 1. The Balaban J connectivity index is 1.71. The highest BCUT2D eigenvalue weighted by atomic mass is 32.2. The van der Waals surface area contributed by atoms with Crippen LogP contribution < -0.4 is 5.32 Å². The quantitative estimate of drug-likeness (QED) is 0.362. The lowest BCUT2D eigenvalue weighted by Gasteiger charge is -2.36. The van der Waals surface area contributed by atoms with Crippen LogP contribution >= 0.6 is 11.8 Å². The summed E-state index contributed by atoms with van der Waals surface area (Å²) in [6, 6.07) is 15.0. The molecule has 0 saturated carbocycles. The third-order valence-electron chi connectivity index (χ3n) is 4.92. The number of nitrogens with one attached hydrogen (secondary N) is 1. The minimum absolute atomic E-state index is 0.000515. The van der Waals surface area contributed by atoms with Crippen LogP contribution in [0, 0.1) is 0 Å². The molecule has 2 aromatic carbocycles. The van der Waals surface area contributed by atoms with Crippen LogP contribution in [0.3, 0.4) is 0 Å². The van der Waals surface area contributed by atoms with Gasteiger partial charge in [0.25, 0.3) is 0 Å². The molecule has 1 saturated heterocycles. The van der Waals surface area contributed by atoms with Crippen molar-refractivity contribution in [1.82, 2.24) is 0 Å². The Morgan fingerprint density at radius 3 is 2.50 bits per heavy atom. The zero-order chi connectivity index (χ0) is 22.8. The zero-order valence-corrected chi connectivity index (χ0v) is 18.6. The fraction of sp³-hybridized carbons (Fsp3) is 0.375. The van der Waals surface area contributed by atoms with Gasteiger partial charge in [-0.25, -0.2) is 4.79 Å². The van der Waals surface area contributed by atoms with E-state index in [-0.39, 0.29) is 32.0 Å². The van der Waals surface area contributed by atoms with Crippen molar-refractivity contribution >= 4 is 23.5 Å². The number of thioether (sulfide) groups is 1. The Morgan fingerprint density at radius 1 is 1.12 bits per heavy atom. The lowest BCUT2D eigenvalue weighted by molar-refractivity contribution is -0.245. The number of hydrogen-bond acceptors (Lipinski definition) is 7. The van der Waals surface area contributed by atoms with Gasteiger partial charge in [0.05, 0.1) is 25.4 Å². The Labute approximate surface area is 192 Å². The predicted octanol–water partition coefficient (Wildman–Crippen LogP) is 4.18. The molecule has 0 aromatic heterocycles. The van der Waals surface area contributed by atoms with Gasteiger partial charge in [-0.15, -0.1) is 0 Å². The summed E-state index contributed by atoms with van der Waals surface area (Å²) in [5.41, 5.74) is 3.31. The minimum Gasteiger partial charge on any atom is -0.445 e. The summed E-state index contributed by atoms with van der Waals surface area (Å²) >= 11 is 1.64. The second kappa shape index (κ2) is 12.6. The number of hydrogen-bond donors (Lipinski definition) is 3. The van der Waals surface area contributed by atoms with Gasteiger partial charge in [-0.05, 0) is 23.3 Å². The third kappa shape index (κ3) is 7.08. The molecule has 1 amide bonds. The summed E-state index contributed by atoms with van der Waals surface area (Å²) in [5, 5.41) is 21.0. The van der Waals surface area contributed by atoms with Crippen LogP contribution in [0.1, 0.15) is 35.5 Å². The highest BCUT2D eigenvalue weighted by Crippen LogP contribution is 2.39. The highest BCUT2D eigenvalue weighted by molar-refractivity contribution is 7.99. The van der Waals surface area contributed by atoms with Crippen molar-refractivity contribution in [3.8, 4) is 0 Å². The molecule has 1 fully saturated rings. The monoisotopic (exact) mass is 459 g/mol. The summed E-state index contributed by atoms with van der Waals surface area (Å²) in [6.45, 7) is 3.79. The lowest BCUT2D eigenvalue weighted by atomic mass is 10.0. The first-order valence-corrected chi connectivity index (χ1v) is 11.6. The largest absolute Gasteiger partial charge is 0.445 e. The van der Waals surface area contributed by atoms with E-state index in [0.717, 1.165) is 22.4 Å². The molecule has 3 N–H and O–H groups in total. The van der Waals surface area contributed by atoms with E-state index in [9.17, 15) is 9.90 Å². The fourth-order valence-electron chi connectivity index (χ4n) is 3.31. The van der Waals surface area contributed by atoms with Crippen LogP contribution in [0.25, 0.3) is 0 Å². The molecule has 0 spiro atoms. The Morgan fingerprint density at radius 2 is 1.84 bits per heavy atom. The summed E-state index contributed by atoms with van der Waals surface area (Å²) in [7, 11) is 0. The number of aliphatic hydroxyl groups excluding tert-OH is 2. The van der Waals surface area contributed by atoms with Gasteiger partial charge in [0.2, 0.25) is 0 Å². The second-order valence-corrected chi connectivity index (χ2v) is 8.43. The molecule has 1 heterocycles. The maximum absolute atomic E-state index is 11.7. The van der Waals surface area contributed by atoms with Crippen molar-refractivity contribution in [3.05, 3.63) is 77.9 Å². The number of benzene rings is 2. The smallest absolute Gasteiger partial charge is 0.411 e. The maximum atomic E-state index is 11.7. The molecule has 3 rings (SSSR count). The fourth-order valence-corrected chi connectivity index (χ4v) is 4.09. The zero-order valence-electron chi connectivity index (χ0n) is 17.8. The summed E-state index contributed by atoms with van der Waals surface area (Å²) < 4.78 is 17.4. The van der Waals surface area contributed by atoms with Crippen molar-refractivity contribution in [3.63, 3.8) is 0 Å². The Bertz CT molecular complexity index is 858. The van der Waals surface area contributed by atoms with Gasteiger partial charge in [-0.2, -0.15) is 11.8 Å².